The zero-order valence-corrected chi connectivity index (χ0v) is 27.8. The number of ether oxygens (including phenoxy) is 3. The first-order valence-corrected chi connectivity index (χ1v) is 17.2. The molecule has 6 heteroatoms. The van der Waals surface area contributed by atoms with E-state index in [4.69, 9.17) is 14.2 Å². The van der Waals surface area contributed by atoms with Gasteiger partial charge in [0.25, 0.3) is 0 Å². The van der Waals surface area contributed by atoms with Crippen LogP contribution in [0.15, 0.2) is 0 Å². The lowest BCUT2D eigenvalue weighted by Crippen LogP contribution is -2.54. The van der Waals surface area contributed by atoms with Crippen LogP contribution in [0.1, 0.15) is 132 Å². The van der Waals surface area contributed by atoms with Gasteiger partial charge in [-0.15, -0.1) is 0 Å². The molecule has 0 aromatic heterocycles. The largest absolute Gasteiger partial charge is 0.462 e. The molecule has 42 heavy (non-hydrogen) atoms. The Kier molecular flexibility index (Phi) is 8.64. The van der Waals surface area contributed by atoms with Crippen LogP contribution in [-0.2, 0) is 28.6 Å². The molecule has 0 radical (unpaired) electrons. The van der Waals surface area contributed by atoms with Crippen molar-refractivity contribution in [3.63, 3.8) is 0 Å². The van der Waals surface area contributed by atoms with Crippen LogP contribution in [-0.4, -0.2) is 36.7 Å². The maximum Gasteiger partial charge on any atom is 0.348 e. The topological polar surface area (TPSA) is 78.9 Å². The fourth-order valence-electron chi connectivity index (χ4n) is 10.4. The van der Waals surface area contributed by atoms with Gasteiger partial charge in [-0.05, 0) is 131 Å². The van der Waals surface area contributed by atoms with E-state index in [1.54, 1.807) is 0 Å². The highest BCUT2D eigenvalue weighted by molar-refractivity contribution is 5.81. The summed E-state index contributed by atoms with van der Waals surface area (Å²) in [5.74, 6) is 3.37. The molecule has 0 bridgehead atoms. The van der Waals surface area contributed by atoms with E-state index in [9.17, 15) is 14.4 Å². The van der Waals surface area contributed by atoms with Crippen molar-refractivity contribution >= 4 is 17.9 Å². The molecule has 1 aliphatic heterocycles. The maximum atomic E-state index is 12.8. The van der Waals surface area contributed by atoms with Crippen molar-refractivity contribution in [2.24, 2.45) is 57.2 Å². The van der Waals surface area contributed by atoms with Gasteiger partial charge in [-0.2, -0.15) is 0 Å². The summed E-state index contributed by atoms with van der Waals surface area (Å²) in [6.07, 6.45) is 12.3. The third kappa shape index (κ3) is 5.55. The number of hydrogen-bond donors (Lipinski definition) is 0. The Balaban J connectivity index is 1.17. The quantitative estimate of drug-likeness (QED) is 0.212. The average molecular weight is 587 g/mol. The number of carbonyl (C=O) groups excluding carboxylic acids is 3. The molecule has 5 rings (SSSR count). The van der Waals surface area contributed by atoms with Crippen LogP contribution >= 0.6 is 0 Å². The monoisotopic (exact) mass is 586 g/mol. The van der Waals surface area contributed by atoms with Crippen LogP contribution in [0.5, 0.6) is 0 Å². The Bertz CT molecular complexity index is 1050. The van der Waals surface area contributed by atoms with Gasteiger partial charge in [-0.25, -0.2) is 4.79 Å². The zero-order chi connectivity index (χ0) is 30.7. The second-order valence-corrected chi connectivity index (χ2v) is 16.9. The van der Waals surface area contributed by atoms with E-state index in [-0.39, 0.29) is 18.0 Å². The number of carbonyl (C=O) groups is 3. The molecule has 0 spiro atoms. The zero-order valence-electron chi connectivity index (χ0n) is 27.8. The molecule has 4 aliphatic carbocycles. The van der Waals surface area contributed by atoms with Gasteiger partial charge in [0.15, 0.2) is 0 Å². The molecular weight excluding hydrogens is 528 g/mol. The van der Waals surface area contributed by atoms with E-state index in [2.05, 4.69) is 27.7 Å². The number of fused-ring (bicyclic) bond motifs is 5. The Labute approximate surface area is 254 Å². The highest BCUT2D eigenvalue weighted by Crippen LogP contribution is 2.68. The first-order valence-electron chi connectivity index (χ1n) is 17.2. The fourth-order valence-corrected chi connectivity index (χ4v) is 10.4. The molecule has 0 N–H and O–H groups in total. The fraction of sp³-hybridized carbons (Fsp3) is 0.917. The molecule has 5 aliphatic rings. The minimum absolute atomic E-state index is 0.0232. The Hall–Kier alpha value is -1.59. The molecule has 5 fully saturated rings. The summed E-state index contributed by atoms with van der Waals surface area (Å²) in [5, 5.41) is 0. The van der Waals surface area contributed by atoms with Crippen LogP contribution < -0.4 is 0 Å². The van der Waals surface area contributed by atoms with Gasteiger partial charge in [0, 0.05) is 11.8 Å². The molecule has 1 heterocycles. The Morgan fingerprint density at radius 2 is 1.64 bits per heavy atom. The summed E-state index contributed by atoms with van der Waals surface area (Å²) < 4.78 is 16.9. The number of hydrogen-bond acceptors (Lipinski definition) is 6. The van der Waals surface area contributed by atoms with Crippen LogP contribution in [0, 0.1) is 57.2 Å². The average Bonchev–Trinajstić information content (AvgIpc) is 3.42. The van der Waals surface area contributed by atoms with Gasteiger partial charge >= 0.3 is 17.9 Å². The predicted octanol–water partition coefficient (Wildman–Crippen LogP) is 7.90. The molecule has 10 atom stereocenters. The van der Waals surface area contributed by atoms with Crippen molar-refractivity contribution in [1.82, 2.24) is 0 Å². The summed E-state index contributed by atoms with van der Waals surface area (Å²) in [6, 6.07) is 0. The van der Waals surface area contributed by atoms with E-state index >= 15 is 0 Å². The van der Waals surface area contributed by atoms with E-state index in [1.165, 1.54) is 44.9 Å². The third-order valence-electron chi connectivity index (χ3n) is 13.7. The molecule has 0 amide bonds. The lowest BCUT2D eigenvalue weighted by molar-refractivity contribution is -0.171. The molecule has 6 nitrogen and oxygen atoms in total. The summed E-state index contributed by atoms with van der Waals surface area (Å²) in [4.78, 5) is 37.7. The van der Waals surface area contributed by atoms with Gasteiger partial charge in [-0.3, -0.25) is 9.59 Å². The van der Waals surface area contributed by atoms with Crippen molar-refractivity contribution in [1.29, 1.82) is 0 Å². The highest BCUT2D eigenvalue weighted by atomic mass is 16.6. The van der Waals surface area contributed by atoms with E-state index in [0.29, 0.717) is 41.6 Å². The van der Waals surface area contributed by atoms with E-state index in [0.717, 1.165) is 43.4 Å². The third-order valence-corrected chi connectivity index (χ3v) is 13.7. The van der Waals surface area contributed by atoms with Crippen molar-refractivity contribution in [2.75, 3.05) is 6.61 Å². The van der Waals surface area contributed by atoms with Crippen LogP contribution in [0.25, 0.3) is 0 Å². The second-order valence-electron chi connectivity index (χ2n) is 16.9. The number of rotatable bonds is 8. The summed E-state index contributed by atoms with van der Waals surface area (Å²) in [7, 11) is 0. The predicted molar refractivity (Wildman–Crippen MR) is 162 cm³/mol. The van der Waals surface area contributed by atoms with Gasteiger partial charge in [0.1, 0.15) is 12.7 Å². The maximum absolute atomic E-state index is 12.8. The lowest BCUT2D eigenvalue weighted by atomic mass is 9.44. The van der Waals surface area contributed by atoms with Crippen molar-refractivity contribution in [3.05, 3.63) is 0 Å². The molecule has 4 saturated carbocycles. The SMILES string of the molecule is CCC(C)(C)C(=O)OC1CCC2(C)C(CCC3C2CCC2(C)C(C(C)CCC(=O)OC4C(=O)OCC4(C)C)CCC32)C1. The lowest BCUT2D eigenvalue weighted by Gasteiger charge is -2.61. The first kappa shape index (κ1) is 31.8. The standard InChI is InChI=1S/C36H58O6/c1-9-33(3,4)32(39)41-24-16-18-35(7)23(20-24)11-12-25-27-14-13-26(36(27,8)19-17-28(25)35)22(2)10-15-29(37)42-30-31(38)40-21-34(30,5)6/h22-28,30H,9-21H2,1-8H3. The van der Waals surface area contributed by atoms with E-state index in [1.807, 2.05) is 27.7 Å². The van der Waals surface area contributed by atoms with Gasteiger partial charge < -0.3 is 14.2 Å². The normalized spacial score (nSPS) is 41.6. The van der Waals surface area contributed by atoms with Crippen LogP contribution in [0.2, 0.25) is 0 Å². The van der Waals surface area contributed by atoms with E-state index < -0.39 is 22.9 Å². The van der Waals surface area contributed by atoms with Crippen molar-refractivity contribution < 1.29 is 28.6 Å². The highest BCUT2D eigenvalue weighted by Gasteiger charge is 2.61. The minimum Gasteiger partial charge on any atom is -0.462 e. The molecule has 1 saturated heterocycles. The summed E-state index contributed by atoms with van der Waals surface area (Å²) in [5.41, 5.74) is -0.169. The van der Waals surface area contributed by atoms with Crippen molar-refractivity contribution in [2.45, 2.75) is 145 Å². The molecule has 238 valence electrons. The molecular formula is C36H58O6. The Morgan fingerprint density at radius 1 is 0.952 bits per heavy atom. The van der Waals surface area contributed by atoms with Crippen LogP contribution in [0.4, 0.5) is 0 Å². The van der Waals surface area contributed by atoms with Gasteiger partial charge in [0.2, 0.25) is 6.10 Å². The minimum atomic E-state index is -0.786. The summed E-state index contributed by atoms with van der Waals surface area (Å²) in [6.45, 7) is 17.7. The smallest absolute Gasteiger partial charge is 0.348 e. The van der Waals surface area contributed by atoms with Gasteiger partial charge in [0.05, 0.1) is 5.41 Å². The van der Waals surface area contributed by atoms with Gasteiger partial charge in [-0.1, -0.05) is 41.5 Å². The molecule has 0 aromatic rings. The molecule has 10 unspecified atom stereocenters. The van der Waals surface area contributed by atoms with Crippen LogP contribution in [0.3, 0.4) is 0 Å². The summed E-state index contributed by atoms with van der Waals surface area (Å²) >= 11 is 0. The Morgan fingerprint density at radius 3 is 2.31 bits per heavy atom. The number of esters is 3. The number of cyclic esters (lactones) is 1. The van der Waals surface area contributed by atoms with Crippen molar-refractivity contribution in [3.8, 4) is 0 Å². The molecule has 0 aromatic carbocycles. The first-order chi connectivity index (χ1) is 19.6. The second kappa shape index (κ2) is 11.4.